The molecule has 7 nitrogen and oxygen atoms in total. The smallest absolute Gasteiger partial charge is 0.234 e. The number of amides is 1. The highest BCUT2D eigenvalue weighted by molar-refractivity contribution is 8.00. The van der Waals surface area contributed by atoms with E-state index >= 15 is 0 Å². The van der Waals surface area contributed by atoms with Gasteiger partial charge in [-0.15, -0.1) is 10.2 Å². The number of thioether (sulfide) groups is 1. The minimum Gasteiger partial charge on any atom is -0.494 e. The van der Waals surface area contributed by atoms with E-state index in [0.717, 1.165) is 17.0 Å². The molecule has 1 N–H and O–H groups in total. The van der Waals surface area contributed by atoms with Gasteiger partial charge in [0.1, 0.15) is 11.3 Å². The third kappa shape index (κ3) is 5.54. The topological polar surface area (TPSA) is 92.8 Å². The summed E-state index contributed by atoms with van der Waals surface area (Å²) in [5.41, 5.74) is 0.575. The van der Waals surface area contributed by atoms with E-state index in [1.165, 1.54) is 11.8 Å². The van der Waals surface area contributed by atoms with Gasteiger partial charge >= 0.3 is 0 Å². The van der Waals surface area contributed by atoms with Crippen molar-refractivity contribution in [3.05, 3.63) is 53.6 Å². The molecule has 9 heteroatoms. The van der Waals surface area contributed by atoms with E-state index in [1.54, 1.807) is 19.9 Å². The number of carbonyl (C=O) groups is 1. The Kier molecular flexibility index (Phi) is 8.24. The molecule has 0 radical (unpaired) electrons. The number of ether oxygens (including phenoxy) is 1. The number of halogens is 1. The predicted molar refractivity (Wildman–Crippen MR) is 135 cm³/mol. The standard InChI is InChI=1S/C25H28ClN5O2S/c1-6-33-19-13-11-18(12-14-19)31-22(20-9-7-8-10-21(20)26)29-30-24(31)34-17(4)23(32)28-25(5,15-27)16(2)3/h7-14,16-17H,6H2,1-5H3,(H,28,32). The molecule has 0 aliphatic carbocycles. The van der Waals surface area contributed by atoms with E-state index < -0.39 is 10.8 Å². The molecule has 34 heavy (non-hydrogen) atoms. The van der Waals surface area contributed by atoms with Crippen molar-refractivity contribution >= 4 is 29.3 Å². The number of carbonyl (C=O) groups excluding carboxylic acids is 1. The van der Waals surface area contributed by atoms with E-state index in [0.29, 0.717) is 22.6 Å². The molecule has 178 valence electrons. The zero-order chi connectivity index (χ0) is 24.9. The summed E-state index contributed by atoms with van der Waals surface area (Å²) in [6.07, 6.45) is 0. The van der Waals surface area contributed by atoms with Crippen LogP contribution in [0.1, 0.15) is 34.6 Å². The van der Waals surface area contributed by atoms with Crippen LogP contribution in [-0.4, -0.2) is 38.1 Å². The van der Waals surface area contributed by atoms with E-state index in [9.17, 15) is 10.1 Å². The van der Waals surface area contributed by atoms with E-state index in [-0.39, 0.29) is 11.8 Å². The van der Waals surface area contributed by atoms with Gasteiger partial charge in [-0.25, -0.2) is 0 Å². The first-order chi connectivity index (χ1) is 16.2. The molecule has 0 spiro atoms. The fraction of sp³-hybridized carbons (Fsp3) is 0.360. The molecule has 0 aliphatic rings. The van der Waals surface area contributed by atoms with Crippen LogP contribution in [0, 0.1) is 17.2 Å². The molecule has 1 heterocycles. The number of nitrogens with one attached hydrogen (secondary N) is 1. The molecule has 0 bridgehead atoms. The number of nitriles is 1. The fourth-order valence-electron chi connectivity index (χ4n) is 3.12. The van der Waals surface area contributed by atoms with Crippen LogP contribution in [0.3, 0.4) is 0 Å². The van der Waals surface area contributed by atoms with Crippen LogP contribution in [0.4, 0.5) is 0 Å². The van der Waals surface area contributed by atoms with Gasteiger partial charge in [0.05, 0.1) is 22.9 Å². The van der Waals surface area contributed by atoms with Crippen molar-refractivity contribution in [1.82, 2.24) is 20.1 Å². The molecule has 0 saturated heterocycles. The monoisotopic (exact) mass is 497 g/mol. The van der Waals surface area contributed by atoms with Gasteiger partial charge in [-0.1, -0.05) is 49.3 Å². The molecular formula is C25H28ClN5O2S. The summed E-state index contributed by atoms with van der Waals surface area (Å²) in [6, 6.07) is 17.2. The molecule has 2 atom stereocenters. The van der Waals surface area contributed by atoms with Gasteiger partial charge in [0.15, 0.2) is 11.0 Å². The Morgan fingerprint density at radius 3 is 2.47 bits per heavy atom. The van der Waals surface area contributed by atoms with Gasteiger partial charge in [0, 0.05) is 11.3 Å². The van der Waals surface area contributed by atoms with Gasteiger partial charge in [-0.3, -0.25) is 9.36 Å². The lowest BCUT2D eigenvalue weighted by atomic mass is 9.90. The molecule has 3 aromatic rings. The largest absolute Gasteiger partial charge is 0.494 e. The number of aromatic nitrogens is 3. The summed E-state index contributed by atoms with van der Waals surface area (Å²) >= 11 is 7.73. The number of nitrogens with zero attached hydrogens (tertiary/aromatic N) is 4. The van der Waals surface area contributed by atoms with Crippen LogP contribution >= 0.6 is 23.4 Å². The Balaban J connectivity index is 1.98. The SMILES string of the molecule is CCOc1ccc(-n2c(SC(C)C(=O)NC(C)(C#N)C(C)C)nnc2-c2ccccc2Cl)cc1. The number of hydrogen-bond acceptors (Lipinski definition) is 6. The van der Waals surface area contributed by atoms with Crippen LogP contribution in [0.25, 0.3) is 17.1 Å². The van der Waals surface area contributed by atoms with Crippen LogP contribution < -0.4 is 10.1 Å². The lowest BCUT2D eigenvalue weighted by Gasteiger charge is -2.28. The molecule has 0 fully saturated rings. The molecule has 1 aromatic heterocycles. The second-order valence-electron chi connectivity index (χ2n) is 8.27. The Hall–Kier alpha value is -3.02. The normalized spacial score (nSPS) is 13.7. The second kappa shape index (κ2) is 10.9. The van der Waals surface area contributed by atoms with Crippen molar-refractivity contribution in [3.63, 3.8) is 0 Å². The van der Waals surface area contributed by atoms with Gasteiger partial charge in [-0.2, -0.15) is 5.26 Å². The molecule has 0 aliphatic heterocycles. The second-order valence-corrected chi connectivity index (χ2v) is 9.98. The van der Waals surface area contributed by atoms with Crippen LogP contribution in [0.2, 0.25) is 5.02 Å². The molecule has 2 aromatic carbocycles. The van der Waals surface area contributed by atoms with E-state index in [1.807, 2.05) is 67.8 Å². The predicted octanol–water partition coefficient (Wildman–Crippen LogP) is 5.52. The molecule has 3 rings (SSSR count). The third-order valence-electron chi connectivity index (χ3n) is 5.58. The summed E-state index contributed by atoms with van der Waals surface area (Å²) in [5, 5.41) is 21.8. The summed E-state index contributed by atoms with van der Waals surface area (Å²) in [7, 11) is 0. The number of benzene rings is 2. The average Bonchev–Trinajstić information content (AvgIpc) is 3.22. The minimum atomic E-state index is -0.961. The first kappa shape index (κ1) is 25.6. The summed E-state index contributed by atoms with van der Waals surface area (Å²) in [5.74, 6) is 1.03. The Labute approximate surface area is 209 Å². The zero-order valence-electron chi connectivity index (χ0n) is 19.9. The van der Waals surface area contributed by atoms with Crippen molar-refractivity contribution in [1.29, 1.82) is 5.26 Å². The fourth-order valence-corrected chi connectivity index (χ4v) is 4.21. The molecular weight excluding hydrogens is 470 g/mol. The van der Waals surface area contributed by atoms with Crippen LogP contribution in [-0.2, 0) is 4.79 Å². The van der Waals surface area contributed by atoms with E-state index in [4.69, 9.17) is 16.3 Å². The van der Waals surface area contributed by atoms with E-state index in [2.05, 4.69) is 21.6 Å². The Bertz CT molecular complexity index is 1190. The Morgan fingerprint density at radius 1 is 1.21 bits per heavy atom. The summed E-state index contributed by atoms with van der Waals surface area (Å²) in [6.45, 7) is 9.82. The number of rotatable bonds is 9. The van der Waals surface area contributed by atoms with Gasteiger partial charge in [-0.05, 0) is 63.1 Å². The zero-order valence-corrected chi connectivity index (χ0v) is 21.4. The maximum atomic E-state index is 12.9. The third-order valence-corrected chi connectivity index (χ3v) is 6.95. The first-order valence-electron chi connectivity index (χ1n) is 11.0. The van der Waals surface area contributed by atoms with Gasteiger partial charge in [0.25, 0.3) is 0 Å². The molecule has 0 saturated carbocycles. The number of hydrogen-bond donors (Lipinski definition) is 1. The van der Waals surface area contributed by atoms with Crippen molar-refractivity contribution in [2.75, 3.05) is 6.61 Å². The van der Waals surface area contributed by atoms with Crippen LogP contribution in [0.5, 0.6) is 5.75 Å². The van der Waals surface area contributed by atoms with Gasteiger partial charge < -0.3 is 10.1 Å². The van der Waals surface area contributed by atoms with Crippen molar-refractivity contribution in [3.8, 4) is 28.9 Å². The maximum Gasteiger partial charge on any atom is 0.234 e. The van der Waals surface area contributed by atoms with Gasteiger partial charge in [0.2, 0.25) is 5.91 Å². The molecule has 1 amide bonds. The van der Waals surface area contributed by atoms with Crippen LogP contribution in [0.15, 0.2) is 53.7 Å². The highest BCUT2D eigenvalue weighted by Crippen LogP contribution is 2.34. The Morgan fingerprint density at radius 2 is 1.88 bits per heavy atom. The van der Waals surface area contributed by atoms with Crippen molar-refractivity contribution in [2.24, 2.45) is 5.92 Å². The lowest BCUT2D eigenvalue weighted by molar-refractivity contribution is -0.121. The summed E-state index contributed by atoms with van der Waals surface area (Å²) < 4.78 is 7.44. The van der Waals surface area contributed by atoms with Crippen molar-refractivity contribution in [2.45, 2.75) is 50.6 Å². The highest BCUT2D eigenvalue weighted by Gasteiger charge is 2.32. The molecule has 2 unspecified atom stereocenters. The van der Waals surface area contributed by atoms with Crippen molar-refractivity contribution < 1.29 is 9.53 Å². The first-order valence-corrected chi connectivity index (χ1v) is 12.3. The summed E-state index contributed by atoms with van der Waals surface area (Å²) in [4.78, 5) is 12.9. The lowest BCUT2D eigenvalue weighted by Crippen LogP contribution is -2.51. The highest BCUT2D eigenvalue weighted by atomic mass is 35.5. The minimum absolute atomic E-state index is 0.0435. The maximum absolute atomic E-state index is 12.9. The average molecular weight is 498 g/mol. The quantitative estimate of drug-likeness (QED) is 0.391.